The highest BCUT2D eigenvalue weighted by atomic mass is 16.5. The Kier molecular flexibility index (Phi) is 3.37. The number of hydrogen-bond donors (Lipinski definition) is 1. The summed E-state index contributed by atoms with van der Waals surface area (Å²) in [6, 6.07) is 4.38. The quantitative estimate of drug-likeness (QED) is 0.888. The summed E-state index contributed by atoms with van der Waals surface area (Å²) in [5.74, 6) is 1.20. The van der Waals surface area contributed by atoms with Crippen LogP contribution in [0, 0.1) is 6.92 Å². The van der Waals surface area contributed by atoms with Crippen LogP contribution in [0.1, 0.15) is 24.2 Å². The van der Waals surface area contributed by atoms with E-state index in [1.54, 1.807) is 18.6 Å². The average molecular weight is 256 g/mol. The Labute approximate surface area is 112 Å². The Morgan fingerprint density at radius 2 is 2.16 bits per heavy atom. The number of hydrogen-bond acceptors (Lipinski definition) is 5. The van der Waals surface area contributed by atoms with Gasteiger partial charge in [0, 0.05) is 18.8 Å². The molecule has 0 amide bonds. The molecule has 1 saturated carbocycles. The fourth-order valence-corrected chi connectivity index (χ4v) is 1.71. The lowest BCUT2D eigenvalue weighted by Gasteiger charge is -2.07. The predicted molar refractivity (Wildman–Crippen MR) is 70.9 cm³/mol. The van der Waals surface area contributed by atoms with Gasteiger partial charge in [-0.15, -0.1) is 0 Å². The third-order valence-electron chi connectivity index (χ3n) is 3.00. The molecule has 2 heterocycles. The Hall–Kier alpha value is -2.01. The maximum atomic E-state index is 5.65. The van der Waals surface area contributed by atoms with Crippen molar-refractivity contribution in [2.45, 2.75) is 32.4 Å². The molecule has 0 atom stereocenters. The summed E-state index contributed by atoms with van der Waals surface area (Å²) in [6.07, 6.45) is 7.68. The number of rotatable bonds is 5. The van der Waals surface area contributed by atoms with Crippen LogP contribution in [0.25, 0.3) is 0 Å². The molecule has 0 aromatic carbocycles. The van der Waals surface area contributed by atoms with E-state index in [2.05, 4.69) is 20.3 Å². The summed E-state index contributed by atoms with van der Waals surface area (Å²) in [6.45, 7) is 2.67. The Balaban J connectivity index is 1.63. The molecule has 5 nitrogen and oxygen atoms in total. The number of nitrogens with zero attached hydrogens (tertiary/aromatic N) is 3. The van der Waals surface area contributed by atoms with E-state index in [1.165, 1.54) is 12.8 Å². The highest BCUT2D eigenvalue weighted by Gasteiger charge is 2.20. The first-order chi connectivity index (χ1) is 9.31. The van der Waals surface area contributed by atoms with E-state index in [0.717, 1.165) is 17.9 Å². The minimum absolute atomic E-state index is 0.492. The van der Waals surface area contributed by atoms with Gasteiger partial charge in [-0.1, -0.05) is 0 Å². The lowest BCUT2D eigenvalue weighted by molar-refractivity contribution is 0.452. The molecule has 1 N–H and O–H groups in total. The largest absolute Gasteiger partial charge is 0.436 e. The van der Waals surface area contributed by atoms with E-state index in [1.807, 2.05) is 19.1 Å². The predicted octanol–water partition coefficient (Wildman–Crippen LogP) is 2.22. The van der Waals surface area contributed by atoms with Crippen LogP contribution in [0.2, 0.25) is 0 Å². The van der Waals surface area contributed by atoms with Crippen LogP contribution in [0.3, 0.4) is 0 Å². The van der Waals surface area contributed by atoms with Gasteiger partial charge in [-0.2, -0.15) is 0 Å². The van der Waals surface area contributed by atoms with Crippen LogP contribution in [-0.4, -0.2) is 21.0 Å². The molecule has 2 aromatic heterocycles. The summed E-state index contributed by atoms with van der Waals surface area (Å²) in [7, 11) is 0. The lowest BCUT2D eigenvalue weighted by Crippen LogP contribution is -2.16. The molecule has 0 spiro atoms. The van der Waals surface area contributed by atoms with Gasteiger partial charge in [-0.3, -0.25) is 9.97 Å². The number of ether oxygens (including phenoxy) is 1. The normalized spacial score (nSPS) is 14.4. The van der Waals surface area contributed by atoms with Crippen molar-refractivity contribution in [3.05, 3.63) is 42.1 Å². The van der Waals surface area contributed by atoms with Crippen LogP contribution >= 0.6 is 0 Å². The summed E-state index contributed by atoms with van der Waals surface area (Å²) in [5.41, 5.74) is 1.77. The van der Waals surface area contributed by atoms with Crippen LogP contribution in [0.4, 0.5) is 0 Å². The monoisotopic (exact) mass is 256 g/mol. The molecule has 1 aliphatic rings. The standard InChI is InChI=1S/C14H16N4O/c1-10-13(3-2-6-15-10)19-14-9-17-12(8-18-14)7-16-11-4-5-11/h2-3,6,8-9,11,16H,4-5,7H2,1H3. The molecule has 98 valence electrons. The molecule has 2 aromatic rings. The second-order valence-corrected chi connectivity index (χ2v) is 4.69. The van der Waals surface area contributed by atoms with Crippen molar-refractivity contribution in [3.63, 3.8) is 0 Å². The van der Waals surface area contributed by atoms with Gasteiger partial charge in [0.1, 0.15) is 0 Å². The molecule has 0 radical (unpaired) electrons. The highest BCUT2D eigenvalue weighted by molar-refractivity contribution is 5.29. The van der Waals surface area contributed by atoms with Crippen LogP contribution < -0.4 is 10.1 Å². The molecule has 5 heteroatoms. The van der Waals surface area contributed by atoms with E-state index in [4.69, 9.17) is 4.74 Å². The smallest absolute Gasteiger partial charge is 0.237 e. The SMILES string of the molecule is Cc1ncccc1Oc1cnc(CNC2CC2)cn1. The maximum Gasteiger partial charge on any atom is 0.237 e. The van der Waals surface area contributed by atoms with E-state index in [-0.39, 0.29) is 0 Å². The Morgan fingerprint density at radius 1 is 1.26 bits per heavy atom. The van der Waals surface area contributed by atoms with Crippen molar-refractivity contribution in [1.82, 2.24) is 20.3 Å². The molecule has 0 unspecified atom stereocenters. The van der Waals surface area contributed by atoms with Gasteiger partial charge < -0.3 is 10.1 Å². The first-order valence-corrected chi connectivity index (χ1v) is 6.45. The van der Waals surface area contributed by atoms with Crippen LogP contribution in [-0.2, 0) is 6.54 Å². The van der Waals surface area contributed by atoms with Gasteiger partial charge >= 0.3 is 0 Å². The zero-order valence-electron chi connectivity index (χ0n) is 10.8. The maximum absolute atomic E-state index is 5.65. The van der Waals surface area contributed by atoms with Crippen LogP contribution in [0.15, 0.2) is 30.7 Å². The second-order valence-electron chi connectivity index (χ2n) is 4.69. The average Bonchev–Trinajstić information content (AvgIpc) is 3.25. The van der Waals surface area contributed by atoms with E-state index >= 15 is 0 Å². The summed E-state index contributed by atoms with van der Waals surface area (Å²) in [5, 5.41) is 3.40. The van der Waals surface area contributed by atoms with Gasteiger partial charge in [0.15, 0.2) is 5.75 Å². The van der Waals surface area contributed by atoms with Crippen molar-refractivity contribution in [3.8, 4) is 11.6 Å². The first kappa shape index (κ1) is 12.0. The second kappa shape index (κ2) is 5.32. The zero-order chi connectivity index (χ0) is 13.1. The number of nitrogens with one attached hydrogen (secondary N) is 1. The molecule has 1 aliphatic carbocycles. The van der Waals surface area contributed by atoms with Gasteiger partial charge in [0.05, 0.1) is 23.8 Å². The number of aromatic nitrogens is 3. The highest BCUT2D eigenvalue weighted by Crippen LogP contribution is 2.21. The lowest BCUT2D eigenvalue weighted by atomic mass is 10.3. The third-order valence-corrected chi connectivity index (χ3v) is 3.00. The minimum Gasteiger partial charge on any atom is -0.436 e. The van der Waals surface area contributed by atoms with Crippen molar-refractivity contribution in [2.75, 3.05) is 0 Å². The van der Waals surface area contributed by atoms with E-state index < -0.39 is 0 Å². The number of pyridine rings is 1. The van der Waals surface area contributed by atoms with Gasteiger partial charge in [-0.25, -0.2) is 4.98 Å². The summed E-state index contributed by atoms with van der Waals surface area (Å²) >= 11 is 0. The summed E-state index contributed by atoms with van der Waals surface area (Å²) < 4.78 is 5.65. The fourth-order valence-electron chi connectivity index (χ4n) is 1.71. The Bertz CT molecular complexity index is 552. The third kappa shape index (κ3) is 3.26. The summed E-state index contributed by atoms with van der Waals surface area (Å²) in [4.78, 5) is 12.8. The molecule has 0 aliphatic heterocycles. The van der Waals surface area contributed by atoms with Crippen molar-refractivity contribution in [1.29, 1.82) is 0 Å². The van der Waals surface area contributed by atoms with Gasteiger partial charge in [0.2, 0.25) is 5.88 Å². The fraction of sp³-hybridized carbons (Fsp3) is 0.357. The van der Waals surface area contributed by atoms with Crippen LogP contribution in [0.5, 0.6) is 11.6 Å². The number of aryl methyl sites for hydroxylation is 1. The molecule has 0 bridgehead atoms. The molecule has 19 heavy (non-hydrogen) atoms. The van der Waals surface area contributed by atoms with Gasteiger partial charge in [-0.05, 0) is 31.9 Å². The minimum atomic E-state index is 0.492. The molecule has 3 rings (SSSR count). The topological polar surface area (TPSA) is 59.9 Å². The Morgan fingerprint density at radius 3 is 2.84 bits per heavy atom. The van der Waals surface area contributed by atoms with Crippen molar-refractivity contribution in [2.24, 2.45) is 0 Å². The molecule has 0 saturated heterocycles. The molecular weight excluding hydrogens is 240 g/mol. The first-order valence-electron chi connectivity index (χ1n) is 6.45. The molecular formula is C14H16N4O. The van der Waals surface area contributed by atoms with Gasteiger partial charge in [0.25, 0.3) is 0 Å². The van der Waals surface area contributed by atoms with Crippen molar-refractivity contribution < 1.29 is 4.74 Å². The van der Waals surface area contributed by atoms with Crippen molar-refractivity contribution >= 4 is 0 Å². The zero-order valence-corrected chi connectivity index (χ0v) is 10.8. The molecule has 1 fully saturated rings. The van der Waals surface area contributed by atoms with E-state index in [9.17, 15) is 0 Å². The van der Waals surface area contributed by atoms with E-state index in [0.29, 0.717) is 17.7 Å².